The number of hydrogen-bond acceptors (Lipinski definition) is 2. The minimum atomic E-state index is -0.424. The Labute approximate surface area is 75.3 Å². The van der Waals surface area contributed by atoms with Gasteiger partial charge < -0.3 is 5.73 Å². The average molecular weight is 172 g/mol. The normalized spacial score (nSPS) is 27.8. The number of fused-ring (bicyclic) bond motifs is 3. The van der Waals surface area contributed by atoms with Gasteiger partial charge in [-0.3, -0.25) is 9.79 Å². The Kier molecular flexibility index (Phi) is 1.05. The number of allylic oxidation sites excluding steroid dienone is 4. The third-order valence-electron chi connectivity index (χ3n) is 2.74. The maximum Gasteiger partial charge on any atom is 0.246 e. The van der Waals surface area contributed by atoms with Crippen molar-refractivity contribution in [2.45, 2.75) is 12.5 Å². The highest BCUT2D eigenvalue weighted by molar-refractivity contribution is 6.02. The molecule has 0 spiro atoms. The van der Waals surface area contributed by atoms with Gasteiger partial charge in [0.1, 0.15) is 0 Å². The van der Waals surface area contributed by atoms with Gasteiger partial charge in [0, 0.05) is 11.8 Å². The van der Waals surface area contributed by atoms with E-state index in [-0.39, 0.29) is 5.91 Å². The van der Waals surface area contributed by atoms with Gasteiger partial charge in [-0.2, -0.15) is 0 Å². The summed E-state index contributed by atoms with van der Waals surface area (Å²) in [5.74, 6) is -0.352. The largest absolute Gasteiger partial charge is 0.368 e. The molecule has 13 heavy (non-hydrogen) atoms. The molecule has 0 fully saturated rings. The third kappa shape index (κ3) is 0.691. The van der Waals surface area contributed by atoms with E-state index >= 15 is 0 Å². The van der Waals surface area contributed by atoms with E-state index in [1.54, 1.807) is 6.21 Å². The molecule has 1 atom stereocenters. The SMILES string of the molecule is NC(=O)C1N=CC2=C3C=CC(=C21)C3. The molecule has 0 aromatic rings. The molecule has 0 aromatic heterocycles. The maximum absolute atomic E-state index is 11.0. The fraction of sp³-hybridized carbons (Fsp3) is 0.200. The monoisotopic (exact) mass is 172 g/mol. The second-order valence-corrected chi connectivity index (χ2v) is 3.47. The molecule has 3 heteroatoms. The minimum Gasteiger partial charge on any atom is -0.368 e. The number of amides is 1. The van der Waals surface area contributed by atoms with Crippen molar-refractivity contribution in [2.75, 3.05) is 0 Å². The van der Waals surface area contributed by atoms with Gasteiger partial charge in [-0.05, 0) is 23.1 Å². The van der Waals surface area contributed by atoms with Crippen LogP contribution >= 0.6 is 0 Å². The van der Waals surface area contributed by atoms with Gasteiger partial charge in [-0.25, -0.2) is 0 Å². The van der Waals surface area contributed by atoms with E-state index in [0.29, 0.717) is 0 Å². The fourth-order valence-corrected chi connectivity index (χ4v) is 2.15. The van der Waals surface area contributed by atoms with Gasteiger partial charge in [-0.15, -0.1) is 0 Å². The predicted molar refractivity (Wildman–Crippen MR) is 49.3 cm³/mol. The molecule has 3 aliphatic rings. The summed E-state index contributed by atoms with van der Waals surface area (Å²) < 4.78 is 0. The molecular weight excluding hydrogens is 164 g/mol. The lowest BCUT2D eigenvalue weighted by Gasteiger charge is -2.07. The summed E-state index contributed by atoms with van der Waals surface area (Å²) in [5.41, 5.74) is 9.91. The smallest absolute Gasteiger partial charge is 0.246 e. The second kappa shape index (κ2) is 1.99. The Hall–Kier alpha value is -1.64. The Morgan fingerprint density at radius 2 is 2.23 bits per heavy atom. The Balaban J connectivity index is 2.19. The van der Waals surface area contributed by atoms with E-state index in [2.05, 4.69) is 17.1 Å². The van der Waals surface area contributed by atoms with Crippen molar-refractivity contribution < 1.29 is 4.79 Å². The number of hydrogen-bond donors (Lipinski definition) is 1. The summed E-state index contributed by atoms with van der Waals surface area (Å²) in [5, 5.41) is 0. The van der Waals surface area contributed by atoms with Crippen molar-refractivity contribution in [1.29, 1.82) is 0 Å². The lowest BCUT2D eigenvalue weighted by atomic mass is 9.99. The summed E-state index contributed by atoms with van der Waals surface area (Å²) >= 11 is 0. The van der Waals surface area contributed by atoms with Crippen molar-refractivity contribution in [1.82, 2.24) is 0 Å². The highest BCUT2D eigenvalue weighted by Gasteiger charge is 2.35. The van der Waals surface area contributed by atoms with Crippen LogP contribution in [0.3, 0.4) is 0 Å². The molecule has 0 radical (unpaired) electrons. The van der Waals surface area contributed by atoms with Gasteiger partial charge in [0.15, 0.2) is 6.04 Å². The van der Waals surface area contributed by atoms with Crippen LogP contribution in [-0.4, -0.2) is 18.2 Å². The number of carbonyl (C=O) groups is 1. The first-order chi connectivity index (χ1) is 6.27. The molecule has 3 nitrogen and oxygen atoms in total. The summed E-state index contributed by atoms with van der Waals surface area (Å²) in [4.78, 5) is 15.2. The van der Waals surface area contributed by atoms with Crippen LogP contribution in [0.2, 0.25) is 0 Å². The van der Waals surface area contributed by atoms with Gasteiger partial charge in [0.25, 0.3) is 0 Å². The van der Waals surface area contributed by atoms with Crippen molar-refractivity contribution in [3.05, 3.63) is 34.4 Å². The Morgan fingerprint density at radius 1 is 1.46 bits per heavy atom. The standard InChI is InChI=1S/C10H8N2O/c11-10(13)9-8-6-2-1-5(3-6)7(8)4-12-9/h1-2,4,9H,3H2,(H2,11,13). The van der Waals surface area contributed by atoms with E-state index in [0.717, 1.165) is 17.6 Å². The quantitative estimate of drug-likeness (QED) is 0.615. The zero-order chi connectivity index (χ0) is 9.00. The number of nitrogens with zero attached hydrogens (tertiary/aromatic N) is 1. The van der Waals surface area contributed by atoms with Crippen LogP contribution in [0.4, 0.5) is 0 Å². The minimum absolute atomic E-state index is 0.352. The molecule has 0 aromatic carbocycles. The van der Waals surface area contributed by atoms with Crippen LogP contribution in [0.15, 0.2) is 39.4 Å². The van der Waals surface area contributed by atoms with Crippen LogP contribution in [-0.2, 0) is 4.79 Å². The first-order valence-electron chi connectivity index (χ1n) is 4.24. The maximum atomic E-state index is 11.0. The number of primary amides is 1. The molecule has 3 rings (SSSR count). The van der Waals surface area contributed by atoms with E-state index in [9.17, 15) is 4.79 Å². The third-order valence-corrected chi connectivity index (χ3v) is 2.74. The van der Waals surface area contributed by atoms with Gasteiger partial charge >= 0.3 is 0 Å². The molecular formula is C10H8N2O. The van der Waals surface area contributed by atoms with E-state index < -0.39 is 6.04 Å². The first-order valence-corrected chi connectivity index (χ1v) is 4.24. The number of rotatable bonds is 1. The summed E-state index contributed by atoms with van der Waals surface area (Å²) in [6.07, 6.45) is 6.87. The zero-order valence-corrected chi connectivity index (χ0v) is 6.95. The van der Waals surface area contributed by atoms with Crippen LogP contribution in [0.5, 0.6) is 0 Å². The molecule has 0 saturated heterocycles. The second-order valence-electron chi connectivity index (χ2n) is 3.47. The number of nitrogens with two attached hydrogens (primary N) is 1. The van der Waals surface area contributed by atoms with Crippen LogP contribution in [0, 0.1) is 0 Å². The molecule has 0 saturated carbocycles. The van der Waals surface area contributed by atoms with Crippen LogP contribution < -0.4 is 5.73 Å². The van der Waals surface area contributed by atoms with E-state index in [4.69, 9.17) is 5.73 Å². The number of aliphatic imine (C=N–C) groups is 1. The van der Waals surface area contributed by atoms with Gasteiger partial charge in [-0.1, -0.05) is 12.2 Å². The van der Waals surface area contributed by atoms with E-state index in [1.807, 2.05) is 0 Å². The Bertz CT molecular complexity index is 438. The Morgan fingerprint density at radius 3 is 3.00 bits per heavy atom. The summed E-state index contributed by atoms with van der Waals surface area (Å²) in [6.45, 7) is 0. The molecule has 1 amide bonds. The fourth-order valence-electron chi connectivity index (χ4n) is 2.15. The molecule has 2 aliphatic carbocycles. The average Bonchev–Trinajstić information content (AvgIpc) is 2.76. The molecule has 64 valence electrons. The van der Waals surface area contributed by atoms with Crippen molar-refractivity contribution >= 4 is 12.1 Å². The van der Waals surface area contributed by atoms with Crippen LogP contribution in [0.1, 0.15) is 6.42 Å². The first kappa shape index (κ1) is 6.83. The van der Waals surface area contributed by atoms with Crippen LogP contribution in [0.25, 0.3) is 0 Å². The zero-order valence-electron chi connectivity index (χ0n) is 6.95. The summed E-state index contributed by atoms with van der Waals surface area (Å²) in [7, 11) is 0. The molecule has 1 aliphatic heterocycles. The van der Waals surface area contributed by atoms with E-state index in [1.165, 1.54) is 11.1 Å². The molecule has 2 bridgehead atoms. The van der Waals surface area contributed by atoms with Gasteiger partial charge in [0.2, 0.25) is 5.91 Å². The lowest BCUT2D eigenvalue weighted by molar-refractivity contribution is -0.118. The molecule has 1 heterocycles. The highest BCUT2D eigenvalue weighted by Crippen LogP contribution is 2.42. The van der Waals surface area contributed by atoms with Crippen molar-refractivity contribution in [3.63, 3.8) is 0 Å². The molecule has 2 N–H and O–H groups in total. The lowest BCUT2D eigenvalue weighted by Crippen LogP contribution is -2.27. The predicted octanol–water partition coefficient (Wildman–Crippen LogP) is 0.491. The summed E-state index contributed by atoms with van der Waals surface area (Å²) in [6, 6.07) is -0.424. The highest BCUT2D eigenvalue weighted by atomic mass is 16.1. The van der Waals surface area contributed by atoms with Crippen molar-refractivity contribution in [2.24, 2.45) is 10.7 Å². The van der Waals surface area contributed by atoms with Crippen molar-refractivity contribution in [3.8, 4) is 0 Å². The topological polar surface area (TPSA) is 55.5 Å². The van der Waals surface area contributed by atoms with Gasteiger partial charge in [0.05, 0.1) is 0 Å². The molecule has 1 unspecified atom stereocenters. The number of carbonyl (C=O) groups excluding carboxylic acids is 1.